The highest BCUT2D eigenvalue weighted by molar-refractivity contribution is 7.47. The molecule has 312 valence electrons. The lowest BCUT2D eigenvalue weighted by molar-refractivity contribution is -0.161. The van der Waals surface area contributed by atoms with Crippen molar-refractivity contribution >= 4 is 39.5 Å². The molecular formula is C34H64O17P2. The molecule has 53 heavy (non-hydrogen) atoms. The van der Waals surface area contributed by atoms with Gasteiger partial charge in [-0.15, -0.1) is 0 Å². The molecule has 0 rings (SSSR count). The Balaban J connectivity index is 4.87. The molecule has 0 aliphatic carbocycles. The van der Waals surface area contributed by atoms with E-state index in [1.807, 2.05) is 6.92 Å². The molecule has 0 amide bonds. The van der Waals surface area contributed by atoms with Crippen LogP contribution in [0.1, 0.15) is 137 Å². The minimum Gasteiger partial charge on any atom is -0.462 e. The molecular weight excluding hydrogens is 742 g/mol. The molecule has 0 spiro atoms. The number of rotatable bonds is 35. The van der Waals surface area contributed by atoms with E-state index in [4.69, 9.17) is 37.0 Å². The largest absolute Gasteiger partial charge is 0.472 e. The monoisotopic (exact) mass is 806 g/mol. The number of hydrogen-bond acceptors (Lipinski definition) is 15. The predicted molar refractivity (Wildman–Crippen MR) is 192 cm³/mol. The fourth-order valence-corrected chi connectivity index (χ4v) is 5.96. The molecule has 0 aromatic carbocycles. The van der Waals surface area contributed by atoms with E-state index >= 15 is 0 Å². The van der Waals surface area contributed by atoms with E-state index in [1.54, 1.807) is 13.8 Å². The lowest BCUT2D eigenvalue weighted by Crippen LogP contribution is -2.30. The van der Waals surface area contributed by atoms with E-state index in [2.05, 4.69) is 6.92 Å². The molecule has 0 saturated heterocycles. The zero-order valence-electron chi connectivity index (χ0n) is 31.9. The number of esters is 4. The molecule has 3 N–H and O–H groups in total. The zero-order chi connectivity index (χ0) is 40.0. The Morgan fingerprint density at radius 1 is 0.453 bits per heavy atom. The van der Waals surface area contributed by atoms with E-state index in [-0.39, 0.29) is 25.7 Å². The van der Waals surface area contributed by atoms with Crippen molar-refractivity contribution in [1.29, 1.82) is 0 Å². The third kappa shape index (κ3) is 31.0. The Hall–Kier alpha value is -1.94. The highest BCUT2D eigenvalue weighted by Crippen LogP contribution is 2.45. The number of ether oxygens (including phenoxy) is 4. The van der Waals surface area contributed by atoms with Crippen molar-refractivity contribution in [2.45, 2.75) is 155 Å². The van der Waals surface area contributed by atoms with Crippen LogP contribution in [0.3, 0.4) is 0 Å². The van der Waals surface area contributed by atoms with Crippen LogP contribution in [-0.2, 0) is 65.4 Å². The third-order valence-corrected chi connectivity index (χ3v) is 9.19. The average molecular weight is 807 g/mol. The van der Waals surface area contributed by atoms with Gasteiger partial charge in [-0.05, 0) is 25.7 Å². The summed E-state index contributed by atoms with van der Waals surface area (Å²) >= 11 is 0. The molecule has 0 aliphatic rings. The van der Waals surface area contributed by atoms with Crippen LogP contribution in [0.25, 0.3) is 0 Å². The summed E-state index contributed by atoms with van der Waals surface area (Å²) in [7, 11) is -9.75. The normalized spacial score (nSPS) is 15.4. The summed E-state index contributed by atoms with van der Waals surface area (Å²) in [5, 5.41) is 10.1. The quantitative estimate of drug-likeness (QED) is 0.0278. The first kappa shape index (κ1) is 51.1. The third-order valence-electron chi connectivity index (χ3n) is 7.29. The van der Waals surface area contributed by atoms with Gasteiger partial charge < -0.3 is 33.8 Å². The molecule has 0 bridgehead atoms. The van der Waals surface area contributed by atoms with Crippen molar-refractivity contribution in [1.82, 2.24) is 0 Å². The molecule has 2 unspecified atom stereocenters. The summed E-state index contributed by atoms with van der Waals surface area (Å²) < 4.78 is 64.8. The number of aliphatic hydroxyl groups is 1. The highest BCUT2D eigenvalue weighted by Gasteiger charge is 2.30. The number of carbonyl (C=O) groups is 4. The smallest absolute Gasteiger partial charge is 0.462 e. The second-order valence-electron chi connectivity index (χ2n) is 12.5. The van der Waals surface area contributed by atoms with Gasteiger partial charge in [0.25, 0.3) is 0 Å². The van der Waals surface area contributed by atoms with Crippen molar-refractivity contribution in [3.63, 3.8) is 0 Å². The first-order chi connectivity index (χ1) is 25.2. The number of phosphoric ester groups is 2. The topological polar surface area (TPSA) is 237 Å². The molecule has 0 heterocycles. The van der Waals surface area contributed by atoms with Gasteiger partial charge >= 0.3 is 39.5 Å². The van der Waals surface area contributed by atoms with Gasteiger partial charge in [-0.2, -0.15) is 0 Å². The lowest BCUT2D eigenvalue weighted by atomic mass is 10.1. The summed E-state index contributed by atoms with van der Waals surface area (Å²) in [4.78, 5) is 68.3. The van der Waals surface area contributed by atoms with Crippen molar-refractivity contribution in [2.75, 3.05) is 39.6 Å². The summed E-state index contributed by atoms with van der Waals surface area (Å²) in [6, 6.07) is 0. The van der Waals surface area contributed by atoms with Gasteiger partial charge in [-0.25, -0.2) is 9.13 Å². The first-order valence-electron chi connectivity index (χ1n) is 18.8. The van der Waals surface area contributed by atoms with Gasteiger partial charge in [0.2, 0.25) is 0 Å². The number of carbonyl (C=O) groups excluding carboxylic acids is 4. The Kier molecular flexibility index (Phi) is 30.1. The summed E-state index contributed by atoms with van der Waals surface area (Å²) in [5.41, 5.74) is 0. The maximum atomic E-state index is 12.5. The van der Waals surface area contributed by atoms with Gasteiger partial charge in [-0.3, -0.25) is 37.3 Å². The van der Waals surface area contributed by atoms with E-state index in [0.717, 1.165) is 32.1 Å². The van der Waals surface area contributed by atoms with E-state index < -0.39 is 97.5 Å². The van der Waals surface area contributed by atoms with Crippen molar-refractivity contribution in [2.24, 2.45) is 0 Å². The Bertz CT molecular complexity index is 1110. The number of hydrogen-bond donors (Lipinski definition) is 3. The fraction of sp³-hybridized carbons (Fsp3) is 0.882. The van der Waals surface area contributed by atoms with E-state index in [9.17, 15) is 43.2 Å². The highest BCUT2D eigenvalue weighted by atomic mass is 31.2. The zero-order valence-corrected chi connectivity index (χ0v) is 33.7. The Morgan fingerprint density at radius 3 is 1.26 bits per heavy atom. The SMILES string of the molecule is CCCCCCCCCCCC(=O)O[C@H](COC(=O)CCC)COP(=O)(O)OC[C@H](O)COP(=O)(O)OC[C@@H](COC(=O)CCCC)OC(=O)CCC. The van der Waals surface area contributed by atoms with Gasteiger partial charge in [0.05, 0.1) is 26.4 Å². The minimum absolute atomic E-state index is 0.0514. The maximum absolute atomic E-state index is 12.5. The van der Waals surface area contributed by atoms with Crippen LogP contribution >= 0.6 is 15.6 Å². The van der Waals surface area contributed by atoms with Gasteiger partial charge in [0.15, 0.2) is 12.2 Å². The second kappa shape index (κ2) is 31.3. The molecule has 0 radical (unpaired) electrons. The van der Waals surface area contributed by atoms with Crippen molar-refractivity contribution < 1.29 is 80.2 Å². The molecule has 0 saturated carbocycles. The Labute approximate surface area is 314 Å². The minimum atomic E-state index is -4.88. The predicted octanol–water partition coefficient (Wildman–Crippen LogP) is 6.24. The van der Waals surface area contributed by atoms with E-state index in [1.165, 1.54) is 25.7 Å². The molecule has 5 atom stereocenters. The molecule has 17 nitrogen and oxygen atoms in total. The average Bonchev–Trinajstić information content (AvgIpc) is 3.10. The van der Waals surface area contributed by atoms with Crippen LogP contribution in [0.4, 0.5) is 0 Å². The molecule has 0 fully saturated rings. The van der Waals surface area contributed by atoms with Crippen LogP contribution in [0.2, 0.25) is 0 Å². The fourth-order valence-electron chi connectivity index (χ4n) is 4.39. The van der Waals surface area contributed by atoms with Crippen LogP contribution in [0.5, 0.6) is 0 Å². The van der Waals surface area contributed by atoms with Crippen molar-refractivity contribution in [3.05, 3.63) is 0 Å². The number of aliphatic hydroxyl groups excluding tert-OH is 1. The standard InChI is InChI=1S/C34H64O17P2/c1-5-9-11-12-13-14-15-16-17-21-34(39)51-30(24-44-31(36)18-7-3)27-49-53(42,43)47-23-28(35)22-46-52(40,41)48-26-29(50-33(38)19-8-4)25-45-32(37)20-10-6-2/h28-30,35H,5-27H2,1-4H3,(H,40,41)(H,42,43)/t28-,29-,30-/m1/s1. The number of phosphoric acid groups is 2. The van der Waals surface area contributed by atoms with Crippen LogP contribution in [-0.4, -0.2) is 96.7 Å². The molecule has 0 aromatic rings. The number of unbranched alkanes of at least 4 members (excludes halogenated alkanes) is 9. The maximum Gasteiger partial charge on any atom is 0.472 e. The molecule has 0 aliphatic heterocycles. The van der Waals surface area contributed by atoms with Gasteiger partial charge in [0, 0.05) is 25.7 Å². The first-order valence-corrected chi connectivity index (χ1v) is 21.8. The summed E-state index contributed by atoms with van der Waals surface area (Å²) in [6.07, 6.45) is 8.07. The van der Waals surface area contributed by atoms with Gasteiger partial charge in [0.1, 0.15) is 19.3 Å². The van der Waals surface area contributed by atoms with Crippen LogP contribution in [0, 0.1) is 0 Å². The van der Waals surface area contributed by atoms with Gasteiger partial charge in [-0.1, -0.05) is 85.5 Å². The van der Waals surface area contributed by atoms with Crippen LogP contribution in [0.15, 0.2) is 0 Å². The summed E-state index contributed by atoms with van der Waals surface area (Å²) in [6.45, 7) is 3.56. The van der Waals surface area contributed by atoms with Crippen LogP contribution < -0.4 is 0 Å². The second-order valence-corrected chi connectivity index (χ2v) is 15.5. The molecule has 0 aromatic heterocycles. The van der Waals surface area contributed by atoms with Crippen molar-refractivity contribution in [3.8, 4) is 0 Å². The Morgan fingerprint density at radius 2 is 0.811 bits per heavy atom. The molecule has 19 heteroatoms. The summed E-state index contributed by atoms with van der Waals surface area (Å²) in [5.74, 6) is -2.33. The lowest BCUT2D eigenvalue weighted by Gasteiger charge is -2.21. The van der Waals surface area contributed by atoms with E-state index in [0.29, 0.717) is 25.7 Å².